The van der Waals surface area contributed by atoms with Crippen LogP contribution in [0.4, 0.5) is 0 Å². The summed E-state index contributed by atoms with van der Waals surface area (Å²) in [7, 11) is 0. The first-order chi connectivity index (χ1) is 8.28. The molecular formula is C13H24N2O2. The molecule has 4 heteroatoms. The van der Waals surface area contributed by atoms with Crippen LogP contribution in [-0.4, -0.2) is 37.7 Å². The van der Waals surface area contributed by atoms with Crippen LogP contribution in [0.5, 0.6) is 0 Å². The van der Waals surface area contributed by atoms with Crippen LogP contribution < -0.4 is 10.6 Å². The summed E-state index contributed by atoms with van der Waals surface area (Å²) in [6.45, 7) is 4.92. The second-order valence-corrected chi connectivity index (χ2v) is 5.21. The van der Waals surface area contributed by atoms with Gasteiger partial charge in [-0.3, -0.25) is 4.79 Å². The van der Waals surface area contributed by atoms with Crippen molar-refractivity contribution in [2.75, 3.05) is 19.7 Å². The highest BCUT2D eigenvalue weighted by atomic mass is 16.5. The van der Waals surface area contributed by atoms with Crippen LogP contribution in [0, 0.1) is 5.92 Å². The molecule has 1 amide bonds. The fourth-order valence-corrected chi connectivity index (χ4v) is 2.69. The Balaban J connectivity index is 1.58. The Bertz CT molecular complexity index is 246. The Morgan fingerprint density at radius 1 is 1.35 bits per heavy atom. The van der Waals surface area contributed by atoms with E-state index in [2.05, 4.69) is 10.6 Å². The number of hydrogen-bond acceptors (Lipinski definition) is 3. The molecule has 0 aromatic carbocycles. The molecular weight excluding hydrogens is 216 g/mol. The monoisotopic (exact) mass is 240 g/mol. The lowest BCUT2D eigenvalue weighted by Crippen LogP contribution is -2.48. The van der Waals surface area contributed by atoms with Crippen LogP contribution in [0.25, 0.3) is 0 Å². The molecule has 2 rings (SSSR count). The van der Waals surface area contributed by atoms with Crippen molar-refractivity contribution in [1.29, 1.82) is 0 Å². The van der Waals surface area contributed by atoms with Crippen LogP contribution >= 0.6 is 0 Å². The smallest absolute Gasteiger partial charge is 0.220 e. The van der Waals surface area contributed by atoms with Crippen molar-refractivity contribution in [2.45, 2.75) is 51.2 Å². The molecule has 1 saturated heterocycles. The van der Waals surface area contributed by atoms with E-state index in [1.165, 1.54) is 0 Å². The van der Waals surface area contributed by atoms with Gasteiger partial charge in [-0.25, -0.2) is 0 Å². The van der Waals surface area contributed by atoms with Crippen LogP contribution in [-0.2, 0) is 9.53 Å². The van der Waals surface area contributed by atoms with Gasteiger partial charge in [0.05, 0.1) is 6.10 Å². The molecule has 1 aliphatic carbocycles. The second kappa shape index (κ2) is 6.36. The average molecular weight is 240 g/mol. The minimum Gasteiger partial charge on any atom is -0.378 e. The predicted octanol–water partition coefficient (Wildman–Crippen LogP) is 1.06. The van der Waals surface area contributed by atoms with Crippen LogP contribution in [0.1, 0.15) is 39.0 Å². The minimum absolute atomic E-state index is 0.233. The number of nitrogens with one attached hydrogen (secondary N) is 2. The predicted molar refractivity (Wildman–Crippen MR) is 66.8 cm³/mol. The fraction of sp³-hybridized carbons (Fsp3) is 0.923. The van der Waals surface area contributed by atoms with E-state index in [0.29, 0.717) is 24.5 Å². The van der Waals surface area contributed by atoms with E-state index >= 15 is 0 Å². The lowest BCUT2D eigenvalue weighted by molar-refractivity contribution is -0.124. The molecule has 1 aliphatic heterocycles. The number of hydrogen-bond donors (Lipinski definition) is 2. The number of amides is 1. The number of ether oxygens (including phenoxy) is 1. The normalized spacial score (nSPS) is 29.7. The summed E-state index contributed by atoms with van der Waals surface area (Å²) >= 11 is 0. The quantitative estimate of drug-likeness (QED) is 0.755. The molecule has 98 valence electrons. The summed E-state index contributed by atoms with van der Waals surface area (Å²) in [5.41, 5.74) is 0. The van der Waals surface area contributed by atoms with Gasteiger partial charge in [0, 0.05) is 19.1 Å². The van der Waals surface area contributed by atoms with Gasteiger partial charge < -0.3 is 15.4 Å². The molecule has 1 heterocycles. The van der Waals surface area contributed by atoms with Gasteiger partial charge in [0.1, 0.15) is 0 Å². The SMILES string of the molecule is CCOC1CC(NC(=O)CC2CCNCC2)C1. The molecule has 2 N–H and O–H groups in total. The van der Waals surface area contributed by atoms with E-state index in [0.717, 1.165) is 45.4 Å². The molecule has 0 aromatic rings. The number of piperidine rings is 1. The fourth-order valence-electron chi connectivity index (χ4n) is 2.69. The highest BCUT2D eigenvalue weighted by molar-refractivity contribution is 5.76. The zero-order valence-corrected chi connectivity index (χ0v) is 10.7. The minimum atomic E-state index is 0.233. The first-order valence-electron chi connectivity index (χ1n) is 6.89. The zero-order valence-electron chi connectivity index (χ0n) is 10.7. The number of carbonyl (C=O) groups excluding carboxylic acids is 1. The van der Waals surface area contributed by atoms with E-state index < -0.39 is 0 Å². The Morgan fingerprint density at radius 2 is 2.06 bits per heavy atom. The number of carbonyl (C=O) groups is 1. The van der Waals surface area contributed by atoms with E-state index in [1.54, 1.807) is 0 Å². The van der Waals surface area contributed by atoms with E-state index in [4.69, 9.17) is 4.74 Å². The lowest BCUT2D eigenvalue weighted by Gasteiger charge is -2.35. The third-order valence-electron chi connectivity index (χ3n) is 3.80. The topological polar surface area (TPSA) is 50.4 Å². The van der Waals surface area contributed by atoms with Gasteiger partial charge in [0.25, 0.3) is 0 Å². The molecule has 2 aliphatic rings. The first-order valence-corrected chi connectivity index (χ1v) is 6.89. The van der Waals surface area contributed by atoms with Crippen LogP contribution in [0.2, 0.25) is 0 Å². The molecule has 0 radical (unpaired) electrons. The van der Waals surface area contributed by atoms with Gasteiger partial charge in [-0.05, 0) is 51.6 Å². The van der Waals surface area contributed by atoms with Crippen molar-refractivity contribution in [2.24, 2.45) is 5.92 Å². The molecule has 0 bridgehead atoms. The van der Waals surface area contributed by atoms with Crippen LogP contribution in [0.3, 0.4) is 0 Å². The van der Waals surface area contributed by atoms with Crippen molar-refractivity contribution >= 4 is 5.91 Å². The Hall–Kier alpha value is -0.610. The average Bonchev–Trinajstić information content (AvgIpc) is 2.27. The highest BCUT2D eigenvalue weighted by Gasteiger charge is 2.31. The largest absolute Gasteiger partial charge is 0.378 e. The van der Waals surface area contributed by atoms with E-state index in [-0.39, 0.29) is 5.91 Å². The maximum Gasteiger partial charge on any atom is 0.220 e. The molecule has 17 heavy (non-hydrogen) atoms. The summed E-state index contributed by atoms with van der Waals surface area (Å²) < 4.78 is 5.48. The number of rotatable bonds is 5. The maximum absolute atomic E-state index is 11.8. The zero-order chi connectivity index (χ0) is 12.1. The second-order valence-electron chi connectivity index (χ2n) is 5.21. The van der Waals surface area contributed by atoms with Gasteiger partial charge in [-0.15, -0.1) is 0 Å². The van der Waals surface area contributed by atoms with Crippen molar-refractivity contribution in [1.82, 2.24) is 10.6 Å². The molecule has 2 fully saturated rings. The lowest BCUT2D eigenvalue weighted by atomic mass is 9.88. The molecule has 0 aromatic heterocycles. The summed E-state index contributed by atoms with van der Waals surface area (Å²) in [5, 5.41) is 6.44. The Morgan fingerprint density at radius 3 is 2.71 bits per heavy atom. The molecule has 0 unspecified atom stereocenters. The Labute approximate surface area is 103 Å². The summed E-state index contributed by atoms with van der Waals surface area (Å²) in [6.07, 6.45) is 5.35. The van der Waals surface area contributed by atoms with Gasteiger partial charge >= 0.3 is 0 Å². The van der Waals surface area contributed by atoms with Crippen LogP contribution in [0.15, 0.2) is 0 Å². The maximum atomic E-state index is 11.8. The van der Waals surface area contributed by atoms with Gasteiger partial charge in [0.15, 0.2) is 0 Å². The third-order valence-corrected chi connectivity index (χ3v) is 3.80. The molecule has 1 saturated carbocycles. The summed E-state index contributed by atoms with van der Waals surface area (Å²) in [5.74, 6) is 0.816. The van der Waals surface area contributed by atoms with Gasteiger partial charge in [-0.1, -0.05) is 0 Å². The molecule has 4 nitrogen and oxygen atoms in total. The summed E-state index contributed by atoms with van der Waals surface area (Å²) in [4.78, 5) is 11.8. The third kappa shape index (κ3) is 3.96. The van der Waals surface area contributed by atoms with Crippen molar-refractivity contribution < 1.29 is 9.53 Å². The van der Waals surface area contributed by atoms with Crippen molar-refractivity contribution in [3.8, 4) is 0 Å². The molecule has 0 atom stereocenters. The summed E-state index contributed by atoms with van der Waals surface area (Å²) in [6, 6.07) is 0.362. The highest BCUT2D eigenvalue weighted by Crippen LogP contribution is 2.24. The first kappa shape index (κ1) is 12.8. The van der Waals surface area contributed by atoms with Crippen molar-refractivity contribution in [3.05, 3.63) is 0 Å². The van der Waals surface area contributed by atoms with E-state index in [1.807, 2.05) is 6.92 Å². The van der Waals surface area contributed by atoms with Gasteiger partial charge in [-0.2, -0.15) is 0 Å². The van der Waals surface area contributed by atoms with Gasteiger partial charge in [0.2, 0.25) is 5.91 Å². The Kier molecular flexibility index (Phi) is 4.80. The molecule has 0 spiro atoms. The standard InChI is InChI=1S/C13H24N2O2/c1-2-17-12-8-11(9-12)15-13(16)7-10-3-5-14-6-4-10/h10-12,14H,2-9H2,1H3,(H,15,16). The van der Waals surface area contributed by atoms with E-state index in [9.17, 15) is 4.79 Å². The van der Waals surface area contributed by atoms with Crippen molar-refractivity contribution in [3.63, 3.8) is 0 Å².